The summed E-state index contributed by atoms with van der Waals surface area (Å²) in [5.41, 5.74) is 5.37. The molecule has 66 valence electrons. The highest BCUT2D eigenvalue weighted by Gasteiger charge is 2.50. The average Bonchev–Trinajstić information content (AvgIpc) is 1.81. The zero-order valence-corrected chi connectivity index (χ0v) is 7.72. The highest BCUT2D eigenvalue weighted by Crippen LogP contribution is 2.51. The van der Waals surface area contributed by atoms with Gasteiger partial charge in [-0.2, -0.15) is 0 Å². The van der Waals surface area contributed by atoms with Crippen molar-refractivity contribution in [3.63, 3.8) is 0 Å². The molecule has 0 saturated heterocycles. The van der Waals surface area contributed by atoms with E-state index in [1.807, 2.05) is 6.92 Å². The molecule has 1 atom stereocenters. The van der Waals surface area contributed by atoms with E-state index in [4.69, 9.17) is 5.73 Å². The maximum absolute atomic E-state index is 9.93. The SMILES string of the molecule is CC(CN)C1(O)CC(C)(C)C1. The van der Waals surface area contributed by atoms with Crippen molar-refractivity contribution in [2.45, 2.75) is 39.2 Å². The predicted octanol–water partition coefficient (Wildman–Crippen LogP) is 1.13. The van der Waals surface area contributed by atoms with Crippen LogP contribution in [0.3, 0.4) is 0 Å². The molecule has 0 amide bonds. The lowest BCUT2D eigenvalue weighted by atomic mass is 9.57. The first kappa shape index (κ1) is 9.01. The second-order valence-electron chi connectivity index (χ2n) is 4.76. The molecule has 0 aromatic carbocycles. The summed E-state index contributed by atoms with van der Waals surface area (Å²) in [6.45, 7) is 6.98. The van der Waals surface area contributed by atoms with Crippen LogP contribution in [0.15, 0.2) is 0 Å². The van der Waals surface area contributed by atoms with E-state index in [9.17, 15) is 5.11 Å². The molecule has 2 heteroatoms. The Kier molecular flexibility index (Phi) is 2.01. The van der Waals surface area contributed by atoms with Crippen LogP contribution in [0.1, 0.15) is 33.6 Å². The Morgan fingerprint density at radius 3 is 2.18 bits per heavy atom. The van der Waals surface area contributed by atoms with Gasteiger partial charge < -0.3 is 10.8 Å². The summed E-state index contributed by atoms with van der Waals surface area (Å²) in [7, 11) is 0. The molecule has 0 spiro atoms. The Bertz CT molecular complexity index is 146. The summed E-state index contributed by atoms with van der Waals surface area (Å²) < 4.78 is 0. The third-order valence-electron chi connectivity index (χ3n) is 2.84. The first-order valence-corrected chi connectivity index (χ1v) is 4.32. The van der Waals surface area contributed by atoms with Gasteiger partial charge in [0.15, 0.2) is 0 Å². The number of aliphatic hydroxyl groups is 1. The summed E-state index contributed by atoms with van der Waals surface area (Å²) >= 11 is 0. The molecule has 0 bridgehead atoms. The van der Waals surface area contributed by atoms with E-state index >= 15 is 0 Å². The smallest absolute Gasteiger partial charge is 0.0695 e. The standard InChI is InChI=1S/C9H19NO/c1-7(4-10)9(11)5-8(2,3)6-9/h7,11H,4-6,10H2,1-3H3. The van der Waals surface area contributed by atoms with Gasteiger partial charge in [0, 0.05) is 0 Å². The fraction of sp³-hybridized carbons (Fsp3) is 1.00. The second-order valence-corrected chi connectivity index (χ2v) is 4.76. The first-order chi connectivity index (χ1) is 4.90. The Labute approximate surface area is 68.8 Å². The average molecular weight is 157 g/mol. The minimum absolute atomic E-state index is 0.246. The zero-order chi connectivity index (χ0) is 8.70. The highest BCUT2D eigenvalue weighted by molar-refractivity contribution is 5.02. The van der Waals surface area contributed by atoms with Crippen LogP contribution in [0.5, 0.6) is 0 Å². The van der Waals surface area contributed by atoms with Gasteiger partial charge >= 0.3 is 0 Å². The Balaban J connectivity index is 2.49. The summed E-state index contributed by atoms with van der Waals surface area (Å²) in [4.78, 5) is 0. The van der Waals surface area contributed by atoms with Crippen molar-refractivity contribution in [3.8, 4) is 0 Å². The molecular weight excluding hydrogens is 138 g/mol. The monoisotopic (exact) mass is 157 g/mol. The van der Waals surface area contributed by atoms with Crippen molar-refractivity contribution >= 4 is 0 Å². The molecule has 1 saturated carbocycles. The van der Waals surface area contributed by atoms with Gasteiger partial charge in [-0.25, -0.2) is 0 Å². The molecule has 1 fully saturated rings. The van der Waals surface area contributed by atoms with Gasteiger partial charge in [0.2, 0.25) is 0 Å². The molecule has 3 N–H and O–H groups in total. The lowest BCUT2D eigenvalue weighted by Crippen LogP contribution is -2.54. The fourth-order valence-electron chi connectivity index (χ4n) is 2.17. The lowest BCUT2D eigenvalue weighted by molar-refractivity contribution is -0.144. The van der Waals surface area contributed by atoms with E-state index in [1.54, 1.807) is 0 Å². The molecule has 0 radical (unpaired) electrons. The molecule has 1 rings (SSSR count). The molecule has 2 nitrogen and oxygen atoms in total. The van der Waals surface area contributed by atoms with Crippen LogP contribution in [-0.4, -0.2) is 17.3 Å². The maximum atomic E-state index is 9.93. The normalized spacial score (nSPS) is 29.2. The summed E-state index contributed by atoms with van der Waals surface area (Å²) in [6.07, 6.45) is 1.80. The summed E-state index contributed by atoms with van der Waals surface area (Å²) in [5.74, 6) is 0.246. The molecule has 0 aliphatic heterocycles. The van der Waals surface area contributed by atoms with Crippen LogP contribution in [0.4, 0.5) is 0 Å². The maximum Gasteiger partial charge on any atom is 0.0695 e. The van der Waals surface area contributed by atoms with Crippen molar-refractivity contribution < 1.29 is 5.11 Å². The highest BCUT2D eigenvalue weighted by atomic mass is 16.3. The van der Waals surface area contributed by atoms with Crippen molar-refractivity contribution in [1.82, 2.24) is 0 Å². The Morgan fingerprint density at radius 2 is 1.91 bits per heavy atom. The largest absolute Gasteiger partial charge is 0.390 e. The number of nitrogens with two attached hydrogens (primary N) is 1. The molecular formula is C9H19NO. The Hall–Kier alpha value is -0.0800. The quantitative estimate of drug-likeness (QED) is 0.631. The molecule has 1 unspecified atom stereocenters. The Morgan fingerprint density at radius 1 is 1.45 bits per heavy atom. The fourth-order valence-corrected chi connectivity index (χ4v) is 2.17. The van der Waals surface area contributed by atoms with E-state index < -0.39 is 5.60 Å². The first-order valence-electron chi connectivity index (χ1n) is 4.32. The minimum Gasteiger partial charge on any atom is -0.390 e. The van der Waals surface area contributed by atoms with E-state index in [0.29, 0.717) is 12.0 Å². The van der Waals surface area contributed by atoms with Gasteiger partial charge in [-0.1, -0.05) is 20.8 Å². The van der Waals surface area contributed by atoms with E-state index in [-0.39, 0.29) is 5.92 Å². The van der Waals surface area contributed by atoms with Crippen molar-refractivity contribution in [3.05, 3.63) is 0 Å². The molecule has 0 aromatic rings. The molecule has 11 heavy (non-hydrogen) atoms. The van der Waals surface area contributed by atoms with Crippen LogP contribution >= 0.6 is 0 Å². The summed E-state index contributed by atoms with van der Waals surface area (Å²) in [6, 6.07) is 0. The van der Waals surface area contributed by atoms with Gasteiger partial charge in [-0.15, -0.1) is 0 Å². The third-order valence-corrected chi connectivity index (χ3v) is 2.84. The lowest BCUT2D eigenvalue weighted by Gasteiger charge is -2.52. The van der Waals surface area contributed by atoms with Gasteiger partial charge in [0.05, 0.1) is 5.60 Å². The van der Waals surface area contributed by atoms with Crippen LogP contribution in [0, 0.1) is 11.3 Å². The number of rotatable bonds is 2. The van der Waals surface area contributed by atoms with Gasteiger partial charge in [-0.3, -0.25) is 0 Å². The van der Waals surface area contributed by atoms with Crippen LogP contribution in [0.25, 0.3) is 0 Å². The molecule has 0 heterocycles. The van der Waals surface area contributed by atoms with Crippen LogP contribution in [0.2, 0.25) is 0 Å². The summed E-state index contributed by atoms with van der Waals surface area (Å²) in [5, 5.41) is 9.93. The number of hydrogen-bond acceptors (Lipinski definition) is 2. The third kappa shape index (κ3) is 1.57. The number of hydrogen-bond donors (Lipinski definition) is 2. The van der Waals surface area contributed by atoms with Crippen molar-refractivity contribution in [2.75, 3.05) is 6.54 Å². The van der Waals surface area contributed by atoms with Gasteiger partial charge in [0.25, 0.3) is 0 Å². The van der Waals surface area contributed by atoms with Crippen LogP contribution in [-0.2, 0) is 0 Å². The van der Waals surface area contributed by atoms with Crippen LogP contribution < -0.4 is 5.73 Å². The van der Waals surface area contributed by atoms with Gasteiger partial charge in [-0.05, 0) is 30.7 Å². The second kappa shape index (κ2) is 2.46. The topological polar surface area (TPSA) is 46.2 Å². The molecule has 1 aliphatic carbocycles. The van der Waals surface area contributed by atoms with Crippen molar-refractivity contribution in [1.29, 1.82) is 0 Å². The van der Waals surface area contributed by atoms with Crippen molar-refractivity contribution in [2.24, 2.45) is 17.1 Å². The van der Waals surface area contributed by atoms with E-state index in [2.05, 4.69) is 13.8 Å². The van der Waals surface area contributed by atoms with E-state index in [1.165, 1.54) is 0 Å². The minimum atomic E-state index is -0.460. The van der Waals surface area contributed by atoms with E-state index in [0.717, 1.165) is 12.8 Å². The van der Waals surface area contributed by atoms with Gasteiger partial charge in [0.1, 0.15) is 0 Å². The molecule has 0 aromatic heterocycles. The molecule has 1 aliphatic rings. The zero-order valence-electron chi connectivity index (χ0n) is 7.72. The predicted molar refractivity (Wildman–Crippen MR) is 46.2 cm³/mol.